The number of carbonyl (C=O) groups is 1. The Hall–Kier alpha value is -0.830. The normalized spacial score (nSPS) is 11.9. The monoisotopic (exact) mass is 171 g/mol. The molecule has 0 saturated carbocycles. The number of hydrogen-bond acceptors (Lipinski definition) is 2. The number of carbonyl (C=O) groups excluding carboxylic acids is 1. The van der Waals surface area contributed by atoms with Crippen LogP contribution in [0.1, 0.15) is 33.6 Å². The first-order chi connectivity index (χ1) is 5.57. The van der Waals surface area contributed by atoms with E-state index in [1.165, 1.54) is 0 Å². The van der Waals surface area contributed by atoms with Crippen molar-refractivity contribution in [3.8, 4) is 0 Å². The van der Waals surface area contributed by atoms with Crippen LogP contribution in [0.4, 0.5) is 0 Å². The van der Waals surface area contributed by atoms with Crippen molar-refractivity contribution in [2.75, 3.05) is 0 Å². The van der Waals surface area contributed by atoms with Gasteiger partial charge >= 0.3 is 0 Å². The predicted octanol–water partition coefficient (Wildman–Crippen LogP) is 1.87. The summed E-state index contributed by atoms with van der Waals surface area (Å²) in [4.78, 5) is 10.8. The molecule has 0 aliphatic heterocycles. The molecule has 70 valence electrons. The van der Waals surface area contributed by atoms with Crippen LogP contribution in [-0.4, -0.2) is 11.1 Å². The van der Waals surface area contributed by atoms with Crippen molar-refractivity contribution in [1.29, 1.82) is 0 Å². The zero-order valence-corrected chi connectivity index (χ0v) is 7.92. The molecule has 0 saturated heterocycles. The molecular formula is C9H17NO2. The van der Waals surface area contributed by atoms with E-state index >= 15 is 0 Å². The summed E-state index contributed by atoms with van der Waals surface area (Å²) >= 11 is 0. The SMILES string of the molecule is CC(=CCCC(C)C)C(=O)NO. The van der Waals surface area contributed by atoms with Crippen LogP contribution < -0.4 is 5.48 Å². The molecule has 1 amide bonds. The standard InChI is InChI=1S/C9H17NO2/c1-7(2)5-4-6-8(3)9(11)10-12/h6-7,12H,4-5H2,1-3H3,(H,10,11). The van der Waals surface area contributed by atoms with Gasteiger partial charge in [-0.3, -0.25) is 10.0 Å². The third-order valence-electron chi connectivity index (χ3n) is 1.65. The van der Waals surface area contributed by atoms with E-state index in [2.05, 4.69) is 13.8 Å². The number of nitrogens with one attached hydrogen (secondary N) is 1. The van der Waals surface area contributed by atoms with Crippen molar-refractivity contribution in [2.45, 2.75) is 33.6 Å². The van der Waals surface area contributed by atoms with E-state index in [9.17, 15) is 4.79 Å². The summed E-state index contributed by atoms with van der Waals surface area (Å²) < 4.78 is 0. The van der Waals surface area contributed by atoms with Crippen molar-refractivity contribution < 1.29 is 10.0 Å². The maximum Gasteiger partial charge on any atom is 0.269 e. The van der Waals surface area contributed by atoms with E-state index in [4.69, 9.17) is 5.21 Å². The van der Waals surface area contributed by atoms with Crippen LogP contribution in [0, 0.1) is 5.92 Å². The van der Waals surface area contributed by atoms with Crippen LogP contribution >= 0.6 is 0 Å². The van der Waals surface area contributed by atoms with Crippen LogP contribution in [0.2, 0.25) is 0 Å². The average Bonchev–Trinajstić information content (AvgIpc) is 2.02. The Morgan fingerprint density at radius 3 is 2.58 bits per heavy atom. The van der Waals surface area contributed by atoms with Crippen molar-refractivity contribution in [3.05, 3.63) is 11.6 Å². The number of hydroxylamine groups is 1. The Morgan fingerprint density at radius 2 is 2.17 bits per heavy atom. The van der Waals surface area contributed by atoms with Crippen LogP contribution in [0.5, 0.6) is 0 Å². The van der Waals surface area contributed by atoms with Gasteiger partial charge in [-0.25, -0.2) is 5.48 Å². The first-order valence-electron chi connectivity index (χ1n) is 4.19. The van der Waals surface area contributed by atoms with Crippen molar-refractivity contribution in [1.82, 2.24) is 5.48 Å². The lowest BCUT2D eigenvalue weighted by Crippen LogP contribution is -2.19. The van der Waals surface area contributed by atoms with Gasteiger partial charge in [0.05, 0.1) is 0 Å². The second-order valence-corrected chi connectivity index (χ2v) is 3.30. The van der Waals surface area contributed by atoms with Crippen LogP contribution in [-0.2, 0) is 4.79 Å². The Morgan fingerprint density at radius 1 is 1.58 bits per heavy atom. The lowest BCUT2D eigenvalue weighted by Gasteiger charge is -2.01. The lowest BCUT2D eigenvalue weighted by atomic mass is 10.1. The van der Waals surface area contributed by atoms with E-state index in [1.54, 1.807) is 12.4 Å². The lowest BCUT2D eigenvalue weighted by molar-refractivity contribution is -0.125. The van der Waals surface area contributed by atoms with E-state index in [1.807, 2.05) is 6.08 Å². The van der Waals surface area contributed by atoms with Crippen LogP contribution in [0.25, 0.3) is 0 Å². The van der Waals surface area contributed by atoms with Gasteiger partial charge in [0, 0.05) is 5.57 Å². The molecular weight excluding hydrogens is 154 g/mol. The topological polar surface area (TPSA) is 49.3 Å². The third kappa shape index (κ3) is 4.91. The van der Waals surface area contributed by atoms with Crippen molar-refractivity contribution in [2.24, 2.45) is 5.92 Å². The fourth-order valence-corrected chi connectivity index (χ4v) is 0.814. The number of amides is 1. The molecule has 0 fully saturated rings. The van der Waals surface area contributed by atoms with E-state index in [0.717, 1.165) is 12.8 Å². The first-order valence-corrected chi connectivity index (χ1v) is 4.19. The maximum atomic E-state index is 10.8. The summed E-state index contributed by atoms with van der Waals surface area (Å²) in [6, 6.07) is 0. The highest BCUT2D eigenvalue weighted by atomic mass is 16.5. The highest BCUT2D eigenvalue weighted by Gasteiger charge is 2.00. The van der Waals surface area contributed by atoms with Gasteiger partial charge in [-0.15, -0.1) is 0 Å². The summed E-state index contributed by atoms with van der Waals surface area (Å²) in [5, 5.41) is 8.27. The second-order valence-electron chi connectivity index (χ2n) is 3.30. The smallest absolute Gasteiger partial charge is 0.269 e. The average molecular weight is 171 g/mol. The van der Waals surface area contributed by atoms with Gasteiger partial charge in [0.25, 0.3) is 5.91 Å². The molecule has 0 bridgehead atoms. The molecule has 3 heteroatoms. The van der Waals surface area contributed by atoms with Gasteiger partial charge in [-0.05, 0) is 25.7 Å². The number of allylic oxidation sites excluding steroid dienone is 1. The summed E-state index contributed by atoms with van der Waals surface area (Å²) in [5.41, 5.74) is 2.16. The Kier molecular flexibility index (Phi) is 5.37. The molecule has 2 N–H and O–H groups in total. The second kappa shape index (κ2) is 5.77. The summed E-state index contributed by atoms with van der Waals surface area (Å²) in [7, 11) is 0. The first kappa shape index (κ1) is 11.2. The summed E-state index contributed by atoms with van der Waals surface area (Å²) in [6.45, 7) is 5.95. The summed E-state index contributed by atoms with van der Waals surface area (Å²) in [5.74, 6) is 0.227. The minimum Gasteiger partial charge on any atom is -0.288 e. The van der Waals surface area contributed by atoms with Crippen LogP contribution in [0.3, 0.4) is 0 Å². The zero-order chi connectivity index (χ0) is 9.56. The van der Waals surface area contributed by atoms with Gasteiger partial charge in [0.1, 0.15) is 0 Å². The Labute approximate surface area is 73.4 Å². The molecule has 0 aromatic rings. The van der Waals surface area contributed by atoms with Gasteiger partial charge in [0.15, 0.2) is 0 Å². The van der Waals surface area contributed by atoms with Crippen molar-refractivity contribution in [3.63, 3.8) is 0 Å². The third-order valence-corrected chi connectivity index (χ3v) is 1.65. The quantitative estimate of drug-likeness (QED) is 0.385. The molecule has 0 spiro atoms. The Balaban J connectivity index is 3.76. The molecule has 12 heavy (non-hydrogen) atoms. The molecule has 0 aliphatic carbocycles. The van der Waals surface area contributed by atoms with Gasteiger partial charge in [-0.2, -0.15) is 0 Å². The summed E-state index contributed by atoms with van der Waals surface area (Å²) in [6.07, 6.45) is 3.79. The predicted molar refractivity (Wildman–Crippen MR) is 47.8 cm³/mol. The van der Waals surface area contributed by atoms with E-state index in [-0.39, 0.29) is 0 Å². The van der Waals surface area contributed by atoms with E-state index in [0.29, 0.717) is 11.5 Å². The fourth-order valence-electron chi connectivity index (χ4n) is 0.814. The highest BCUT2D eigenvalue weighted by molar-refractivity contribution is 5.91. The van der Waals surface area contributed by atoms with Gasteiger partial charge in [-0.1, -0.05) is 19.9 Å². The maximum absolute atomic E-state index is 10.8. The number of rotatable bonds is 4. The molecule has 0 heterocycles. The van der Waals surface area contributed by atoms with E-state index < -0.39 is 5.91 Å². The zero-order valence-electron chi connectivity index (χ0n) is 7.92. The molecule has 0 rings (SSSR count). The fraction of sp³-hybridized carbons (Fsp3) is 0.667. The van der Waals surface area contributed by atoms with Crippen molar-refractivity contribution >= 4 is 5.91 Å². The minimum atomic E-state index is -0.418. The molecule has 3 nitrogen and oxygen atoms in total. The molecule has 0 atom stereocenters. The molecule has 0 radical (unpaired) electrons. The minimum absolute atomic E-state index is 0.418. The number of hydrogen-bond donors (Lipinski definition) is 2. The molecule has 0 aromatic carbocycles. The molecule has 0 aromatic heterocycles. The largest absolute Gasteiger partial charge is 0.288 e. The van der Waals surface area contributed by atoms with Crippen LogP contribution in [0.15, 0.2) is 11.6 Å². The molecule has 0 unspecified atom stereocenters. The Bertz CT molecular complexity index is 173. The highest BCUT2D eigenvalue weighted by Crippen LogP contribution is 2.06. The van der Waals surface area contributed by atoms with Gasteiger partial charge in [0.2, 0.25) is 0 Å². The van der Waals surface area contributed by atoms with Gasteiger partial charge < -0.3 is 0 Å². The molecule has 0 aliphatic rings.